The van der Waals surface area contributed by atoms with Crippen molar-refractivity contribution in [3.05, 3.63) is 27.7 Å². The van der Waals surface area contributed by atoms with Gasteiger partial charge in [-0.2, -0.15) is 0 Å². The van der Waals surface area contributed by atoms with Gasteiger partial charge in [0.05, 0.1) is 17.1 Å². The van der Waals surface area contributed by atoms with E-state index < -0.39 is 11.6 Å². The lowest BCUT2D eigenvalue weighted by Gasteiger charge is -2.26. The third-order valence-corrected chi connectivity index (χ3v) is 3.60. The molecule has 1 aliphatic rings. The van der Waals surface area contributed by atoms with Crippen LogP contribution in [-0.4, -0.2) is 13.7 Å². The maximum Gasteiger partial charge on any atom is 0.166 e. The van der Waals surface area contributed by atoms with E-state index in [1.165, 1.54) is 7.11 Å². The Balaban J connectivity index is 2.48. The number of rotatable bonds is 2. The first-order valence-electron chi connectivity index (χ1n) is 5.60. The van der Waals surface area contributed by atoms with Crippen molar-refractivity contribution in [1.29, 1.82) is 0 Å². The van der Waals surface area contributed by atoms with Crippen LogP contribution in [0.3, 0.4) is 0 Å². The van der Waals surface area contributed by atoms with Gasteiger partial charge in [0, 0.05) is 6.04 Å². The first kappa shape index (κ1) is 12.8. The Morgan fingerprint density at radius 2 is 2.18 bits per heavy atom. The van der Waals surface area contributed by atoms with Crippen LogP contribution in [0.2, 0.25) is 0 Å². The van der Waals surface area contributed by atoms with Crippen LogP contribution in [0.25, 0.3) is 0 Å². The fourth-order valence-corrected chi connectivity index (χ4v) is 2.63. The quantitative estimate of drug-likeness (QED) is 0.844. The zero-order chi connectivity index (χ0) is 12.4. The van der Waals surface area contributed by atoms with Gasteiger partial charge in [-0.15, -0.1) is 0 Å². The molecule has 2 rings (SSSR count). The highest BCUT2D eigenvalue weighted by Gasteiger charge is 2.26. The van der Waals surface area contributed by atoms with Crippen LogP contribution in [-0.2, 0) is 0 Å². The molecule has 1 fully saturated rings. The zero-order valence-corrected chi connectivity index (χ0v) is 11.1. The maximum atomic E-state index is 14.1. The van der Waals surface area contributed by atoms with Gasteiger partial charge >= 0.3 is 0 Å². The molecule has 0 aromatic heterocycles. The van der Waals surface area contributed by atoms with Crippen LogP contribution in [0.1, 0.15) is 30.9 Å². The molecular formula is C12H14BrF2NO. The van der Waals surface area contributed by atoms with Gasteiger partial charge in [0.2, 0.25) is 0 Å². The number of piperidine rings is 1. The predicted octanol–water partition coefficient (Wildman–Crippen LogP) is 3.55. The van der Waals surface area contributed by atoms with Crippen molar-refractivity contribution in [2.75, 3.05) is 13.7 Å². The molecule has 1 atom stereocenters. The number of benzene rings is 1. The Labute approximate surface area is 107 Å². The fraction of sp³-hybridized carbons (Fsp3) is 0.500. The summed E-state index contributed by atoms with van der Waals surface area (Å²) in [7, 11) is 1.36. The summed E-state index contributed by atoms with van der Waals surface area (Å²) in [6.07, 6.45) is 2.87. The smallest absolute Gasteiger partial charge is 0.166 e. The summed E-state index contributed by atoms with van der Waals surface area (Å²) in [5.74, 6) is -0.976. The topological polar surface area (TPSA) is 21.3 Å². The second-order valence-corrected chi connectivity index (χ2v) is 4.96. The Morgan fingerprint density at radius 3 is 2.76 bits per heavy atom. The van der Waals surface area contributed by atoms with Crippen LogP contribution in [0.4, 0.5) is 8.78 Å². The van der Waals surface area contributed by atoms with Crippen LogP contribution < -0.4 is 10.1 Å². The summed E-state index contributed by atoms with van der Waals surface area (Å²) < 4.78 is 32.9. The molecule has 0 aliphatic carbocycles. The largest absolute Gasteiger partial charge is 0.493 e. The molecule has 0 bridgehead atoms. The molecule has 1 aromatic rings. The minimum atomic E-state index is -0.539. The number of hydrogen-bond donors (Lipinski definition) is 1. The molecule has 2 nitrogen and oxygen atoms in total. The normalized spacial score (nSPS) is 20.4. The van der Waals surface area contributed by atoms with E-state index in [0.717, 1.165) is 31.9 Å². The third-order valence-electron chi connectivity index (χ3n) is 3.02. The van der Waals surface area contributed by atoms with Crippen molar-refractivity contribution >= 4 is 15.9 Å². The molecule has 5 heteroatoms. The predicted molar refractivity (Wildman–Crippen MR) is 65.2 cm³/mol. The van der Waals surface area contributed by atoms with E-state index in [4.69, 9.17) is 4.74 Å². The summed E-state index contributed by atoms with van der Waals surface area (Å²) in [4.78, 5) is 0. The number of halogens is 3. The first-order chi connectivity index (χ1) is 8.15. The summed E-state index contributed by atoms with van der Waals surface area (Å²) in [6.45, 7) is 0.821. The average Bonchev–Trinajstić information content (AvgIpc) is 2.34. The van der Waals surface area contributed by atoms with Crippen molar-refractivity contribution < 1.29 is 13.5 Å². The second kappa shape index (κ2) is 5.31. The highest BCUT2D eigenvalue weighted by Crippen LogP contribution is 2.37. The molecule has 1 aromatic carbocycles. The Hall–Kier alpha value is -0.680. The van der Waals surface area contributed by atoms with E-state index in [2.05, 4.69) is 21.2 Å². The van der Waals surface area contributed by atoms with Gasteiger partial charge < -0.3 is 10.1 Å². The molecule has 0 spiro atoms. The molecule has 0 radical (unpaired) electrons. The molecule has 1 heterocycles. The van der Waals surface area contributed by atoms with Crippen LogP contribution >= 0.6 is 15.9 Å². The van der Waals surface area contributed by atoms with Crippen molar-refractivity contribution in [3.8, 4) is 5.75 Å². The molecule has 0 saturated carbocycles. The van der Waals surface area contributed by atoms with Gasteiger partial charge in [-0.1, -0.05) is 6.42 Å². The lowest BCUT2D eigenvalue weighted by molar-refractivity contribution is 0.344. The van der Waals surface area contributed by atoms with Gasteiger partial charge in [0.15, 0.2) is 11.6 Å². The van der Waals surface area contributed by atoms with E-state index in [9.17, 15) is 8.78 Å². The SMILES string of the molecule is COc1c(F)cc(Br)c(F)c1C1CCCCN1. The first-order valence-corrected chi connectivity index (χ1v) is 6.39. The van der Waals surface area contributed by atoms with E-state index in [0.29, 0.717) is 5.56 Å². The van der Waals surface area contributed by atoms with Gasteiger partial charge in [-0.3, -0.25) is 0 Å². The van der Waals surface area contributed by atoms with Crippen LogP contribution in [0.5, 0.6) is 5.75 Å². The highest BCUT2D eigenvalue weighted by atomic mass is 79.9. The minimum Gasteiger partial charge on any atom is -0.493 e. The number of hydrogen-bond acceptors (Lipinski definition) is 2. The number of methoxy groups -OCH3 is 1. The molecule has 1 unspecified atom stereocenters. The summed E-state index contributed by atoms with van der Waals surface area (Å²) in [5, 5.41) is 3.20. The molecule has 94 valence electrons. The molecule has 17 heavy (non-hydrogen) atoms. The summed E-state index contributed by atoms with van der Waals surface area (Å²) in [5.41, 5.74) is 0.291. The monoisotopic (exact) mass is 305 g/mol. The van der Waals surface area contributed by atoms with Gasteiger partial charge in [0.1, 0.15) is 5.82 Å². The van der Waals surface area contributed by atoms with Crippen molar-refractivity contribution in [1.82, 2.24) is 5.32 Å². The third kappa shape index (κ3) is 2.45. The molecular weight excluding hydrogens is 292 g/mol. The molecule has 1 N–H and O–H groups in total. The lowest BCUT2D eigenvalue weighted by atomic mass is 9.96. The van der Waals surface area contributed by atoms with E-state index in [1.54, 1.807) is 0 Å². The van der Waals surface area contributed by atoms with Gasteiger partial charge in [-0.25, -0.2) is 8.78 Å². The lowest BCUT2D eigenvalue weighted by Crippen LogP contribution is -2.28. The van der Waals surface area contributed by atoms with E-state index >= 15 is 0 Å². The number of ether oxygens (including phenoxy) is 1. The maximum absolute atomic E-state index is 14.1. The van der Waals surface area contributed by atoms with Crippen molar-refractivity contribution in [2.24, 2.45) is 0 Å². The van der Waals surface area contributed by atoms with Gasteiger partial charge in [-0.05, 0) is 41.4 Å². The fourth-order valence-electron chi connectivity index (χ4n) is 2.21. The van der Waals surface area contributed by atoms with E-state index in [-0.39, 0.29) is 16.3 Å². The highest BCUT2D eigenvalue weighted by molar-refractivity contribution is 9.10. The van der Waals surface area contributed by atoms with Crippen LogP contribution in [0, 0.1) is 11.6 Å². The minimum absolute atomic E-state index is 0.00472. The van der Waals surface area contributed by atoms with Gasteiger partial charge in [0.25, 0.3) is 0 Å². The molecule has 1 saturated heterocycles. The van der Waals surface area contributed by atoms with Crippen molar-refractivity contribution in [2.45, 2.75) is 25.3 Å². The molecule has 1 aliphatic heterocycles. The van der Waals surface area contributed by atoms with Crippen molar-refractivity contribution in [3.63, 3.8) is 0 Å². The Kier molecular flexibility index (Phi) is 3.99. The standard InChI is InChI=1S/C12H14BrF2NO/c1-17-12-8(14)6-7(13)11(15)10(12)9-4-2-3-5-16-9/h6,9,16H,2-5H2,1H3. The Morgan fingerprint density at radius 1 is 1.41 bits per heavy atom. The summed E-state index contributed by atoms with van der Waals surface area (Å²) >= 11 is 3.03. The number of nitrogens with one attached hydrogen (secondary N) is 1. The Bertz CT molecular complexity index is 419. The molecule has 0 amide bonds. The zero-order valence-electron chi connectivity index (χ0n) is 9.53. The average molecular weight is 306 g/mol. The van der Waals surface area contributed by atoms with Crippen LogP contribution in [0.15, 0.2) is 10.5 Å². The summed E-state index contributed by atoms with van der Waals surface area (Å²) in [6, 6.07) is 0.922. The van der Waals surface area contributed by atoms with E-state index in [1.807, 2.05) is 0 Å². The second-order valence-electron chi connectivity index (χ2n) is 4.10.